The number of rotatable bonds is 3. The molecule has 1 atom stereocenters. The summed E-state index contributed by atoms with van der Waals surface area (Å²) in [4.78, 5) is 0. The molecule has 0 bridgehead atoms. The van der Waals surface area contributed by atoms with Crippen LogP contribution in [0.4, 0.5) is 0 Å². The summed E-state index contributed by atoms with van der Waals surface area (Å²) < 4.78 is 5.45. The first-order valence-corrected chi connectivity index (χ1v) is 6.95. The highest BCUT2D eigenvalue weighted by Crippen LogP contribution is 2.33. The molecule has 0 amide bonds. The molecule has 1 unspecified atom stereocenters. The average molecular weight is 266 g/mol. The van der Waals surface area contributed by atoms with Gasteiger partial charge in [-0.3, -0.25) is 0 Å². The molecule has 0 radical (unpaired) electrons. The van der Waals surface area contributed by atoms with Gasteiger partial charge in [0, 0.05) is 12.0 Å². The molecule has 0 saturated carbocycles. The average Bonchev–Trinajstić information content (AvgIpc) is 2.95. The minimum absolute atomic E-state index is 0.644. The molecular weight excluding hydrogens is 248 g/mol. The van der Waals surface area contributed by atoms with E-state index in [2.05, 4.69) is 24.3 Å². The van der Waals surface area contributed by atoms with Crippen LogP contribution >= 0.6 is 0 Å². The van der Waals surface area contributed by atoms with E-state index in [4.69, 9.17) is 4.42 Å². The number of hydrogen-bond acceptors (Lipinski definition) is 2. The second kappa shape index (κ2) is 5.14. The quantitative estimate of drug-likeness (QED) is 0.763. The van der Waals surface area contributed by atoms with Gasteiger partial charge in [-0.25, -0.2) is 0 Å². The van der Waals surface area contributed by atoms with Crippen molar-refractivity contribution in [3.8, 4) is 0 Å². The summed E-state index contributed by atoms with van der Waals surface area (Å²) in [5, 5.41) is 13.1. The summed E-state index contributed by atoms with van der Waals surface area (Å²) in [7, 11) is 0. The molecule has 0 spiro atoms. The summed E-state index contributed by atoms with van der Waals surface area (Å²) in [6.45, 7) is 4.07. The minimum atomic E-state index is -0.644. The molecule has 1 N–H and O–H groups in total. The highest BCUT2D eigenvalue weighted by atomic mass is 16.3. The fourth-order valence-corrected chi connectivity index (χ4v) is 2.80. The minimum Gasteiger partial charge on any atom is -0.469 e. The number of fused-ring (bicyclic) bond motifs is 1. The van der Waals surface area contributed by atoms with Crippen molar-refractivity contribution in [1.29, 1.82) is 0 Å². The maximum Gasteiger partial charge on any atom is 0.109 e. The molecule has 2 nitrogen and oxygen atoms in total. The summed E-state index contributed by atoms with van der Waals surface area (Å²) in [6, 6.07) is 14.2. The molecule has 20 heavy (non-hydrogen) atoms. The second-order valence-electron chi connectivity index (χ2n) is 5.07. The van der Waals surface area contributed by atoms with E-state index in [0.717, 1.165) is 39.6 Å². The molecule has 0 saturated heterocycles. The number of aliphatic hydroxyl groups is 1. The van der Waals surface area contributed by atoms with Crippen LogP contribution < -0.4 is 0 Å². The molecule has 3 rings (SSSR count). The molecule has 0 aliphatic carbocycles. The lowest BCUT2D eigenvalue weighted by molar-refractivity contribution is 0.218. The predicted molar refractivity (Wildman–Crippen MR) is 80.8 cm³/mol. The van der Waals surface area contributed by atoms with Crippen molar-refractivity contribution in [2.75, 3.05) is 0 Å². The van der Waals surface area contributed by atoms with E-state index in [0.29, 0.717) is 0 Å². The molecular formula is C18H18O2. The Morgan fingerprint density at radius 3 is 2.70 bits per heavy atom. The van der Waals surface area contributed by atoms with Gasteiger partial charge in [-0.05, 0) is 34.9 Å². The summed E-state index contributed by atoms with van der Waals surface area (Å²) in [5.74, 6) is 0.852. The molecule has 2 heteroatoms. The van der Waals surface area contributed by atoms with E-state index in [1.165, 1.54) is 0 Å². The Morgan fingerprint density at radius 1 is 1.10 bits per heavy atom. The maximum atomic E-state index is 10.8. The standard InChI is InChI=1S/C18H18O2/c1-3-16-15(10-11-20-16)18(19)17-12(2)8-9-13-6-4-5-7-14(13)17/h4-11,18-19H,3H2,1-2H3. The van der Waals surface area contributed by atoms with Gasteiger partial charge in [-0.2, -0.15) is 0 Å². The zero-order chi connectivity index (χ0) is 14.1. The fraction of sp³-hybridized carbons (Fsp3) is 0.222. The van der Waals surface area contributed by atoms with E-state index in [-0.39, 0.29) is 0 Å². The number of aryl methyl sites for hydroxylation is 2. The normalized spacial score (nSPS) is 12.8. The van der Waals surface area contributed by atoms with E-state index < -0.39 is 6.10 Å². The van der Waals surface area contributed by atoms with E-state index in [1.807, 2.05) is 32.0 Å². The molecule has 3 aromatic rings. The van der Waals surface area contributed by atoms with Crippen molar-refractivity contribution in [2.45, 2.75) is 26.4 Å². The third-order valence-corrected chi connectivity index (χ3v) is 3.86. The van der Waals surface area contributed by atoms with Crippen molar-refractivity contribution in [3.63, 3.8) is 0 Å². The monoisotopic (exact) mass is 266 g/mol. The van der Waals surface area contributed by atoms with Crippen molar-refractivity contribution < 1.29 is 9.52 Å². The van der Waals surface area contributed by atoms with Gasteiger partial charge in [0.05, 0.1) is 6.26 Å². The summed E-state index contributed by atoms with van der Waals surface area (Å²) in [5.41, 5.74) is 2.94. The SMILES string of the molecule is CCc1occc1C(O)c1c(C)ccc2ccccc12. The van der Waals surface area contributed by atoms with Crippen LogP contribution in [0.2, 0.25) is 0 Å². The third-order valence-electron chi connectivity index (χ3n) is 3.86. The molecule has 0 aliphatic rings. The Kier molecular flexibility index (Phi) is 3.33. The summed E-state index contributed by atoms with van der Waals surface area (Å²) >= 11 is 0. The number of furan rings is 1. The van der Waals surface area contributed by atoms with Crippen molar-refractivity contribution in [2.24, 2.45) is 0 Å². The van der Waals surface area contributed by atoms with E-state index >= 15 is 0 Å². The molecule has 102 valence electrons. The van der Waals surface area contributed by atoms with Gasteiger partial charge in [0.2, 0.25) is 0 Å². The van der Waals surface area contributed by atoms with Gasteiger partial charge >= 0.3 is 0 Å². The Bertz CT molecular complexity index is 740. The van der Waals surface area contributed by atoms with Crippen molar-refractivity contribution >= 4 is 10.8 Å². The zero-order valence-electron chi connectivity index (χ0n) is 11.8. The van der Waals surface area contributed by atoms with Gasteiger partial charge in [-0.15, -0.1) is 0 Å². The highest BCUT2D eigenvalue weighted by Gasteiger charge is 2.20. The van der Waals surface area contributed by atoms with Crippen LogP contribution in [0.1, 0.15) is 35.5 Å². The lowest BCUT2D eigenvalue weighted by Gasteiger charge is -2.16. The van der Waals surface area contributed by atoms with E-state index in [9.17, 15) is 5.11 Å². The van der Waals surface area contributed by atoms with Crippen molar-refractivity contribution in [3.05, 3.63) is 71.2 Å². The zero-order valence-corrected chi connectivity index (χ0v) is 11.8. The lowest BCUT2D eigenvalue weighted by atomic mass is 9.92. The van der Waals surface area contributed by atoms with Crippen LogP contribution in [-0.4, -0.2) is 5.11 Å². The first kappa shape index (κ1) is 12.9. The number of aliphatic hydroxyl groups excluding tert-OH is 1. The second-order valence-corrected chi connectivity index (χ2v) is 5.07. The highest BCUT2D eigenvalue weighted by molar-refractivity contribution is 5.87. The summed E-state index contributed by atoms with van der Waals surface area (Å²) in [6.07, 6.45) is 1.79. The van der Waals surface area contributed by atoms with Gasteiger partial charge < -0.3 is 9.52 Å². The maximum absolute atomic E-state index is 10.8. The lowest BCUT2D eigenvalue weighted by Crippen LogP contribution is -2.04. The Morgan fingerprint density at radius 2 is 1.90 bits per heavy atom. The first-order chi connectivity index (χ1) is 9.72. The molecule has 2 aromatic carbocycles. The van der Waals surface area contributed by atoms with Crippen molar-refractivity contribution in [1.82, 2.24) is 0 Å². The van der Waals surface area contributed by atoms with Gasteiger partial charge in [0.25, 0.3) is 0 Å². The molecule has 1 heterocycles. The predicted octanol–water partition coefficient (Wildman–Crippen LogP) is 4.39. The van der Waals surface area contributed by atoms with Crippen LogP contribution in [0.3, 0.4) is 0 Å². The smallest absolute Gasteiger partial charge is 0.109 e. The largest absolute Gasteiger partial charge is 0.469 e. The van der Waals surface area contributed by atoms with Gasteiger partial charge in [-0.1, -0.05) is 43.3 Å². The molecule has 0 fully saturated rings. The Labute approximate surface area is 118 Å². The van der Waals surface area contributed by atoms with Crippen LogP contribution in [0, 0.1) is 6.92 Å². The number of benzene rings is 2. The Hall–Kier alpha value is -2.06. The first-order valence-electron chi connectivity index (χ1n) is 6.95. The topological polar surface area (TPSA) is 33.4 Å². The van der Waals surface area contributed by atoms with Crippen LogP contribution in [0.15, 0.2) is 53.1 Å². The molecule has 0 aliphatic heterocycles. The Balaban J connectivity index is 2.21. The third kappa shape index (κ3) is 2.02. The van der Waals surface area contributed by atoms with Crippen LogP contribution in [0.5, 0.6) is 0 Å². The van der Waals surface area contributed by atoms with Crippen LogP contribution in [-0.2, 0) is 6.42 Å². The van der Waals surface area contributed by atoms with Crippen LogP contribution in [0.25, 0.3) is 10.8 Å². The number of hydrogen-bond donors (Lipinski definition) is 1. The van der Waals surface area contributed by atoms with Gasteiger partial charge in [0.15, 0.2) is 0 Å². The van der Waals surface area contributed by atoms with E-state index in [1.54, 1.807) is 6.26 Å². The molecule has 1 aromatic heterocycles. The van der Waals surface area contributed by atoms with Gasteiger partial charge in [0.1, 0.15) is 11.9 Å². The fourth-order valence-electron chi connectivity index (χ4n) is 2.80.